The summed E-state index contributed by atoms with van der Waals surface area (Å²) in [6.07, 6.45) is -1.44. The van der Waals surface area contributed by atoms with Gasteiger partial charge in [-0.15, -0.1) is 0 Å². The molecule has 5 N–H and O–H groups in total. The highest BCUT2D eigenvalue weighted by molar-refractivity contribution is 6.28. The number of hydrogen-bond acceptors (Lipinski definition) is 12. The summed E-state index contributed by atoms with van der Waals surface area (Å²) in [6.45, 7) is 3.82. The van der Waals surface area contributed by atoms with Crippen molar-refractivity contribution in [2.24, 2.45) is 0 Å². The number of nitrogen functional groups attached to an aromatic ring is 1. The minimum Gasteiger partial charge on any atom is -0.399 e. The van der Waals surface area contributed by atoms with Crippen LogP contribution in [-0.4, -0.2) is 63.6 Å². The number of benzene rings is 2. The van der Waals surface area contributed by atoms with E-state index in [2.05, 4.69) is 56.1 Å². The van der Waals surface area contributed by atoms with Crippen LogP contribution in [0.4, 0.5) is 55.3 Å². The van der Waals surface area contributed by atoms with Crippen molar-refractivity contribution in [3.05, 3.63) is 102 Å². The largest absolute Gasteiger partial charge is 0.421 e. The van der Waals surface area contributed by atoms with Crippen LogP contribution >= 0.6 is 11.6 Å². The van der Waals surface area contributed by atoms with Crippen molar-refractivity contribution in [1.29, 1.82) is 0 Å². The molecule has 0 spiro atoms. The number of nitrogens with one attached hydrogen (secondary N) is 3. The zero-order chi connectivity index (χ0) is 37.3. The predicted molar refractivity (Wildman–Crippen MR) is 178 cm³/mol. The molecule has 0 saturated heterocycles. The molecule has 0 radical (unpaired) electrons. The number of halogens is 7. The van der Waals surface area contributed by atoms with E-state index in [-0.39, 0.29) is 22.9 Å². The number of aryl methyl sites for hydroxylation is 2. The van der Waals surface area contributed by atoms with Crippen LogP contribution in [0.5, 0.6) is 0 Å². The Morgan fingerprint density at radius 2 is 1.22 bits per heavy atom. The smallest absolute Gasteiger partial charge is 0.399 e. The Kier molecular flexibility index (Phi) is 11.9. The molecule has 0 amide bonds. The summed E-state index contributed by atoms with van der Waals surface area (Å²) < 4.78 is 78.6. The lowest BCUT2D eigenvalue weighted by molar-refractivity contribution is -0.138. The van der Waals surface area contributed by atoms with E-state index in [4.69, 9.17) is 17.3 Å². The second-order valence-corrected chi connectivity index (χ2v) is 10.5. The molecule has 0 unspecified atom stereocenters. The Hall–Kier alpha value is -6.05. The molecule has 0 saturated carbocycles. The van der Waals surface area contributed by atoms with Gasteiger partial charge in [0.1, 0.15) is 48.1 Å². The zero-order valence-corrected chi connectivity index (χ0v) is 27.9. The molecule has 4 heterocycles. The molecule has 0 fully saturated rings. The third-order valence-electron chi connectivity index (χ3n) is 6.71. The summed E-state index contributed by atoms with van der Waals surface area (Å²) in [5.41, 5.74) is 9.00. The van der Waals surface area contributed by atoms with Crippen LogP contribution in [-0.2, 0) is 12.4 Å². The van der Waals surface area contributed by atoms with E-state index in [0.29, 0.717) is 11.9 Å². The molecule has 6 rings (SSSR count). The highest BCUT2D eigenvalue weighted by Gasteiger charge is 2.35. The summed E-state index contributed by atoms with van der Waals surface area (Å²) in [7, 11) is 2.70. The van der Waals surface area contributed by atoms with Crippen LogP contribution in [0.3, 0.4) is 0 Å². The van der Waals surface area contributed by atoms with E-state index < -0.39 is 23.5 Å². The van der Waals surface area contributed by atoms with Gasteiger partial charge in [0.25, 0.3) is 0 Å². The Balaban J connectivity index is 0.000000189. The van der Waals surface area contributed by atoms with Crippen molar-refractivity contribution in [1.82, 2.24) is 49.5 Å². The molecule has 21 heteroatoms. The van der Waals surface area contributed by atoms with E-state index in [1.54, 1.807) is 34.2 Å². The molecule has 0 bridgehead atoms. The average molecular weight is 735 g/mol. The molecular weight excluding hydrogens is 706 g/mol. The highest BCUT2D eigenvalue weighted by Crippen LogP contribution is 2.35. The second kappa shape index (κ2) is 16.1. The highest BCUT2D eigenvalue weighted by atomic mass is 35.5. The maximum atomic E-state index is 12.9. The molecule has 2 aromatic carbocycles. The monoisotopic (exact) mass is 734 g/mol. The third-order valence-corrected chi connectivity index (χ3v) is 6.89. The molecule has 4 aromatic heterocycles. The first-order valence-corrected chi connectivity index (χ1v) is 14.8. The average Bonchev–Trinajstić information content (AvgIpc) is 3.82. The quantitative estimate of drug-likeness (QED) is 0.0830. The fraction of sp³-hybridized carbons (Fsp3) is 0.200. The molecule has 0 aliphatic rings. The van der Waals surface area contributed by atoms with Gasteiger partial charge in [-0.25, -0.2) is 34.3 Å². The van der Waals surface area contributed by atoms with Crippen LogP contribution in [0.2, 0.25) is 5.28 Å². The summed E-state index contributed by atoms with van der Waals surface area (Å²) in [4.78, 5) is 22.0. The van der Waals surface area contributed by atoms with Gasteiger partial charge in [0.2, 0.25) is 11.2 Å². The minimum atomic E-state index is -4.52. The number of nitrogens with zero attached hydrogens (tertiary/aromatic N) is 10. The number of hydrogen-bond donors (Lipinski definition) is 4. The minimum absolute atomic E-state index is 0.0638. The summed E-state index contributed by atoms with van der Waals surface area (Å²) >= 11 is 5.32. The van der Waals surface area contributed by atoms with Gasteiger partial charge < -0.3 is 21.7 Å². The molecule has 51 heavy (non-hydrogen) atoms. The number of nitrogens with two attached hydrogens (primary N) is 1. The second-order valence-electron chi connectivity index (χ2n) is 10.2. The van der Waals surface area contributed by atoms with Crippen molar-refractivity contribution in [3.63, 3.8) is 0 Å². The van der Waals surface area contributed by atoms with Crippen molar-refractivity contribution >= 4 is 40.6 Å². The number of anilines is 5. The lowest BCUT2D eigenvalue weighted by Crippen LogP contribution is -2.12. The van der Waals surface area contributed by atoms with Gasteiger partial charge in [0, 0.05) is 37.9 Å². The first-order valence-electron chi connectivity index (χ1n) is 14.4. The Morgan fingerprint density at radius 3 is 1.69 bits per heavy atom. The number of aromatic nitrogens is 10. The molecule has 268 valence electrons. The Bertz CT molecular complexity index is 2030. The van der Waals surface area contributed by atoms with E-state index in [0.717, 1.165) is 34.4 Å². The topological polar surface area (TPSA) is 175 Å². The van der Waals surface area contributed by atoms with Crippen LogP contribution in [0, 0.1) is 13.8 Å². The molecule has 0 aliphatic heterocycles. The van der Waals surface area contributed by atoms with Gasteiger partial charge in [-0.05, 0) is 73.0 Å². The fourth-order valence-electron chi connectivity index (χ4n) is 4.13. The van der Waals surface area contributed by atoms with E-state index in [1.165, 1.54) is 26.7 Å². The normalized spacial score (nSPS) is 11.1. The fourth-order valence-corrected chi connectivity index (χ4v) is 4.27. The number of alkyl halides is 6. The molecular formula is C30H29ClF6N14. The van der Waals surface area contributed by atoms with Gasteiger partial charge >= 0.3 is 12.4 Å². The van der Waals surface area contributed by atoms with Gasteiger partial charge in [-0.3, -0.25) is 0 Å². The van der Waals surface area contributed by atoms with Crippen molar-refractivity contribution < 1.29 is 26.3 Å². The Morgan fingerprint density at radius 1 is 0.706 bits per heavy atom. The molecule has 0 aliphatic carbocycles. The van der Waals surface area contributed by atoms with Gasteiger partial charge in [0.15, 0.2) is 0 Å². The molecule has 0 atom stereocenters. The van der Waals surface area contributed by atoms with Crippen LogP contribution in [0.1, 0.15) is 22.3 Å². The maximum absolute atomic E-state index is 12.9. The van der Waals surface area contributed by atoms with Gasteiger partial charge in [-0.2, -0.15) is 41.5 Å². The first-order chi connectivity index (χ1) is 24.1. The Labute approximate surface area is 291 Å². The van der Waals surface area contributed by atoms with E-state index in [9.17, 15) is 26.3 Å². The number of rotatable bonds is 6. The van der Waals surface area contributed by atoms with E-state index >= 15 is 0 Å². The zero-order valence-electron chi connectivity index (χ0n) is 27.1. The lowest BCUT2D eigenvalue weighted by atomic mass is 10.2. The lowest BCUT2D eigenvalue weighted by Gasteiger charge is -2.14. The predicted octanol–water partition coefficient (Wildman–Crippen LogP) is 6.52. The van der Waals surface area contributed by atoms with Crippen molar-refractivity contribution in [2.75, 3.05) is 35.8 Å². The first kappa shape index (κ1) is 37.8. The van der Waals surface area contributed by atoms with Gasteiger partial charge in [0.05, 0.1) is 11.4 Å². The summed E-state index contributed by atoms with van der Waals surface area (Å²) in [5.74, 6) is -0.552. The summed E-state index contributed by atoms with van der Waals surface area (Å²) in [6, 6.07) is 11.2. The van der Waals surface area contributed by atoms with Crippen LogP contribution in [0.15, 0.2) is 74.1 Å². The SMILES string of the molecule is CNc1nc(Cl)ncc1C(F)(F)F.CNc1nc(Nc2ccc(-n3cncn3)cc2C)ncc1C(F)(F)F.Cc1cc(-n2cncn2)ccc1N. The summed E-state index contributed by atoms with van der Waals surface area (Å²) in [5, 5.41) is 15.5. The molecule has 6 aromatic rings. The van der Waals surface area contributed by atoms with Crippen molar-refractivity contribution in [3.8, 4) is 11.4 Å². The van der Waals surface area contributed by atoms with E-state index in [1.807, 2.05) is 38.1 Å². The van der Waals surface area contributed by atoms with Crippen LogP contribution < -0.4 is 21.7 Å². The van der Waals surface area contributed by atoms with Gasteiger partial charge in [-0.1, -0.05) is 0 Å². The standard InChI is InChI=1S/C15H14F3N7.C9H10N4.C6H5ClF3N3/c1-9-5-10(25-8-20-7-22-25)3-4-12(9)23-14-21-6-11(15(16,17)18)13(19-2)24-14;1-7-4-8(2-3-9(7)10)13-6-11-5-12-13;1-11-4-3(6(8,9)10)2-12-5(7)13-4/h3-8H,1-2H3,(H2,19,21,23,24);2-6H,10H2,1H3;2H,1H3,(H,11,12,13). The molecule has 14 nitrogen and oxygen atoms in total. The van der Waals surface area contributed by atoms with Crippen LogP contribution in [0.25, 0.3) is 11.4 Å². The van der Waals surface area contributed by atoms with Crippen molar-refractivity contribution in [2.45, 2.75) is 26.2 Å². The maximum Gasteiger partial charge on any atom is 0.421 e. The third kappa shape index (κ3) is 10.00.